The molecule has 1 unspecified atom stereocenters. The molecule has 3 rings (SSSR count). The monoisotopic (exact) mass is 298 g/mol. The first kappa shape index (κ1) is 11.7. The summed E-state index contributed by atoms with van der Waals surface area (Å²) in [5, 5.41) is 0.897. The number of thioether (sulfide) groups is 1. The number of amidine groups is 1. The van der Waals surface area contributed by atoms with Gasteiger partial charge in [-0.1, -0.05) is 42.1 Å². The van der Waals surface area contributed by atoms with Crippen LogP contribution in [0.25, 0.3) is 0 Å². The lowest BCUT2D eigenvalue weighted by Crippen LogP contribution is -2.27. The fourth-order valence-electron chi connectivity index (χ4n) is 2.00. The summed E-state index contributed by atoms with van der Waals surface area (Å²) in [6.45, 7) is 0.925. The Balaban J connectivity index is 0.000000963. The van der Waals surface area contributed by atoms with Gasteiger partial charge in [-0.05, 0) is 5.56 Å². The molecule has 0 spiro atoms. The van der Waals surface area contributed by atoms with E-state index in [1.54, 1.807) is 11.8 Å². The Morgan fingerprint density at radius 1 is 1.31 bits per heavy atom. The third-order valence-corrected chi connectivity index (χ3v) is 3.65. The molecule has 0 saturated carbocycles. The molecule has 0 aliphatic carbocycles. The molecule has 2 aliphatic rings. The molecule has 1 amide bonds. The fraction of sp³-hybridized carbons (Fsp3) is 0.273. The number of carbonyl (C=O) groups excluding carboxylic acids is 1. The maximum Gasteiger partial charge on any atom is 0.275 e. The summed E-state index contributed by atoms with van der Waals surface area (Å²) in [6, 6.07) is 9.70. The highest BCUT2D eigenvalue weighted by atomic mass is 79.9. The van der Waals surface area contributed by atoms with Crippen molar-refractivity contribution in [1.82, 2.24) is 4.90 Å². The Hall–Kier alpha value is -0.810. The van der Waals surface area contributed by atoms with Crippen molar-refractivity contribution in [3.05, 3.63) is 35.9 Å². The van der Waals surface area contributed by atoms with Crippen molar-refractivity contribution in [1.29, 1.82) is 0 Å². The van der Waals surface area contributed by atoms with Gasteiger partial charge in [0.05, 0.1) is 0 Å². The number of carbonyl (C=O) groups is 1. The summed E-state index contributed by atoms with van der Waals surface area (Å²) in [6.07, 6.45) is 0. The van der Waals surface area contributed by atoms with Gasteiger partial charge in [0.1, 0.15) is 6.04 Å². The lowest BCUT2D eigenvalue weighted by atomic mass is 10.1. The van der Waals surface area contributed by atoms with Gasteiger partial charge in [-0.2, -0.15) is 4.99 Å². The molecule has 1 saturated heterocycles. The Labute approximate surface area is 109 Å². The van der Waals surface area contributed by atoms with E-state index in [4.69, 9.17) is 0 Å². The van der Waals surface area contributed by atoms with E-state index in [9.17, 15) is 4.79 Å². The van der Waals surface area contributed by atoms with Gasteiger partial charge in [0.15, 0.2) is 5.17 Å². The van der Waals surface area contributed by atoms with Gasteiger partial charge >= 0.3 is 0 Å². The summed E-state index contributed by atoms with van der Waals surface area (Å²) in [5.74, 6) is 1.01. The molecule has 1 fully saturated rings. The van der Waals surface area contributed by atoms with Gasteiger partial charge in [-0.25, -0.2) is 0 Å². The largest absolute Gasteiger partial charge is 0.334 e. The highest BCUT2D eigenvalue weighted by molar-refractivity contribution is 8.93. The van der Waals surface area contributed by atoms with E-state index in [0.29, 0.717) is 0 Å². The topological polar surface area (TPSA) is 32.7 Å². The van der Waals surface area contributed by atoms with Crippen molar-refractivity contribution >= 4 is 39.8 Å². The molecule has 1 atom stereocenters. The summed E-state index contributed by atoms with van der Waals surface area (Å²) < 4.78 is 0. The average molecular weight is 299 g/mol. The maximum atomic E-state index is 11.7. The highest BCUT2D eigenvalue weighted by Gasteiger charge is 2.38. The summed E-state index contributed by atoms with van der Waals surface area (Å²) in [5.41, 5.74) is 1.05. The van der Waals surface area contributed by atoms with Crippen LogP contribution in [0.1, 0.15) is 11.6 Å². The van der Waals surface area contributed by atoms with Crippen LogP contribution in [-0.2, 0) is 4.79 Å². The highest BCUT2D eigenvalue weighted by Crippen LogP contribution is 2.34. The second-order valence-electron chi connectivity index (χ2n) is 3.59. The van der Waals surface area contributed by atoms with E-state index in [2.05, 4.69) is 9.89 Å². The van der Waals surface area contributed by atoms with E-state index in [1.807, 2.05) is 30.3 Å². The Kier molecular flexibility index (Phi) is 3.35. The first-order valence-corrected chi connectivity index (χ1v) is 5.92. The second-order valence-corrected chi connectivity index (χ2v) is 4.65. The molecule has 0 bridgehead atoms. The molecule has 2 aliphatic heterocycles. The normalized spacial score (nSPS) is 22.8. The minimum absolute atomic E-state index is 0. The van der Waals surface area contributed by atoms with Crippen LogP contribution in [0.2, 0.25) is 0 Å². The molecule has 0 N–H and O–H groups in total. The second kappa shape index (κ2) is 4.59. The molecular weight excluding hydrogens is 288 g/mol. The molecular formula is C11H11BrN2OS. The third-order valence-electron chi connectivity index (χ3n) is 2.68. The molecule has 3 nitrogen and oxygen atoms in total. The van der Waals surface area contributed by atoms with Gasteiger partial charge in [0.25, 0.3) is 5.91 Å². The van der Waals surface area contributed by atoms with E-state index in [-0.39, 0.29) is 28.9 Å². The Morgan fingerprint density at radius 3 is 2.81 bits per heavy atom. The van der Waals surface area contributed by atoms with E-state index in [1.165, 1.54) is 0 Å². The lowest BCUT2D eigenvalue weighted by Gasteiger charge is -2.20. The minimum Gasteiger partial charge on any atom is -0.334 e. The van der Waals surface area contributed by atoms with Crippen molar-refractivity contribution in [2.45, 2.75) is 6.04 Å². The molecule has 1 aromatic rings. The predicted molar refractivity (Wildman–Crippen MR) is 71.1 cm³/mol. The van der Waals surface area contributed by atoms with Crippen molar-refractivity contribution in [3.8, 4) is 0 Å². The van der Waals surface area contributed by atoms with Gasteiger partial charge < -0.3 is 4.90 Å². The van der Waals surface area contributed by atoms with Crippen molar-refractivity contribution in [2.75, 3.05) is 12.3 Å². The Bertz CT molecular complexity index is 435. The standard InChI is InChI=1S/C11H10N2OS.BrH/c14-10-9(8-4-2-1-3-5-8)13-6-7-15-11(13)12-10;/h1-5,9H,6-7H2;1H. The number of rotatable bonds is 1. The summed E-state index contributed by atoms with van der Waals surface area (Å²) >= 11 is 1.67. The molecule has 0 radical (unpaired) electrons. The van der Waals surface area contributed by atoms with Crippen LogP contribution >= 0.6 is 28.7 Å². The van der Waals surface area contributed by atoms with Crippen molar-refractivity contribution in [2.24, 2.45) is 4.99 Å². The third kappa shape index (κ3) is 1.78. The summed E-state index contributed by atoms with van der Waals surface area (Å²) in [4.78, 5) is 17.9. The van der Waals surface area contributed by atoms with Crippen LogP contribution in [0.3, 0.4) is 0 Å². The van der Waals surface area contributed by atoms with Crippen molar-refractivity contribution in [3.63, 3.8) is 0 Å². The van der Waals surface area contributed by atoms with E-state index < -0.39 is 0 Å². The number of fused-ring (bicyclic) bond motifs is 1. The van der Waals surface area contributed by atoms with Crippen molar-refractivity contribution < 1.29 is 4.79 Å². The molecule has 0 aromatic heterocycles. The number of benzene rings is 1. The smallest absolute Gasteiger partial charge is 0.275 e. The molecule has 5 heteroatoms. The number of hydrogen-bond donors (Lipinski definition) is 0. The maximum absolute atomic E-state index is 11.7. The summed E-state index contributed by atoms with van der Waals surface area (Å²) in [7, 11) is 0. The fourth-order valence-corrected chi connectivity index (χ4v) is 2.98. The van der Waals surface area contributed by atoms with Crippen LogP contribution in [0.15, 0.2) is 35.3 Å². The first-order chi connectivity index (χ1) is 7.36. The quantitative estimate of drug-likeness (QED) is 0.797. The number of aliphatic imine (C=N–C) groups is 1. The zero-order chi connectivity index (χ0) is 10.3. The predicted octanol–water partition coefficient (Wildman–Crippen LogP) is 2.25. The van der Waals surface area contributed by atoms with Gasteiger partial charge in [0, 0.05) is 12.3 Å². The first-order valence-electron chi connectivity index (χ1n) is 4.93. The van der Waals surface area contributed by atoms with Crippen LogP contribution in [0.4, 0.5) is 0 Å². The van der Waals surface area contributed by atoms with Crippen LogP contribution in [0.5, 0.6) is 0 Å². The van der Waals surface area contributed by atoms with E-state index >= 15 is 0 Å². The Morgan fingerprint density at radius 2 is 2.06 bits per heavy atom. The minimum atomic E-state index is -0.170. The number of hydrogen-bond acceptors (Lipinski definition) is 3. The van der Waals surface area contributed by atoms with E-state index in [0.717, 1.165) is 23.0 Å². The lowest BCUT2D eigenvalue weighted by molar-refractivity contribution is -0.120. The number of halogens is 1. The van der Waals surface area contributed by atoms with Gasteiger partial charge in [0.2, 0.25) is 0 Å². The zero-order valence-corrected chi connectivity index (χ0v) is 11.0. The molecule has 2 heterocycles. The number of amides is 1. The molecule has 16 heavy (non-hydrogen) atoms. The average Bonchev–Trinajstić information content (AvgIpc) is 2.78. The zero-order valence-electron chi connectivity index (χ0n) is 8.50. The van der Waals surface area contributed by atoms with Gasteiger partial charge in [-0.15, -0.1) is 17.0 Å². The molecule has 1 aromatic carbocycles. The van der Waals surface area contributed by atoms with Gasteiger partial charge in [-0.3, -0.25) is 4.79 Å². The number of nitrogens with zero attached hydrogens (tertiary/aromatic N) is 2. The molecule has 84 valence electrons. The SMILES string of the molecule is Br.O=C1N=C2SCCN2C1c1ccccc1. The van der Waals surface area contributed by atoms with Crippen LogP contribution in [0, 0.1) is 0 Å². The van der Waals surface area contributed by atoms with Crippen LogP contribution < -0.4 is 0 Å². The van der Waals surface area contributed by atoms with Crippen LogP contribution in [-0.4, -0.2) is 28.3 Å².